The zero-order valence-corrected chi connectivity index (χ0v) is 13.5. The van der Waals surface area contributed by atoms with Gasteiger partial charge in [0, 0.05) is 13.1 Å². The van der Waals surface area contributed by atoms with Gasteiger partial charge in [-0.15, -0.1) is 5.10 Å². The number of aromatic nitrogens is 3. The minimum absolute atomic E-state index is 0.422. The van der Waals surface area contributed by atoms with Gasteiger partial charge in [0.15, 0.2) is 11.5 Å². The van der Waals surface area contributed by atoms with Crippen LogP contribution in [0.4, 0.5) is 0 Å². The van der Waals surface area contributed by atoms with Gasteiger partial charge in [-0.25, -0.2) is 4.68 Å². The fourth-order valence-electron chi connectivity index (χ4n) is 2.49. The predicted octanol–water partition coefficient (Wildman–Crippen LogP) is 1.95. The van der Waals surface area contributed by atoms with Crippen molar-refractivity contribution in [2.45, 2.75) is 39.3 Å². The van der Waals surface area contributed by atoms with E-state index in [-0.39, 0.29) is 0 Å². The van der Waals surface area contributed by atoms with Crippen molar-refractivity contribution >= 4 is 0 Å². The summed E-state index contributed by atoms with van der Waals surface area (Å²) in [7, 11) is 3.29. The average Bonchev–Trinajstić information content (AvgIpc) is 2.94. The molecule has 2 rings (SSSR count). The lowest BCUT2D eigenvalue weighted by Gasteiger charge is -2.10. The lowest BCUT2D eigenvalue weighted by atomic mass is 10.1. The fourth-order valence-corrected chi connectivity index (χ4v) is 2.49. The third kappa shape index (κ3) is 3.57. The van der Waals surface area contributed by atoms with E-state index in [9.17, 15) is 0 Å². The maximum absolute atomic E-state index is 5.76. The second-order valence-corrected chi connectivity index (χ2v) is 5.10. The first-order valence-electron chi connectivity index (χ1n) is 7.55. The van der Waals surface area contributed by atoms with Crippen LogP contribution in [0, 0.1) is 0 Å². The Morgan fingerprint density at radius 3 is 2.55 bits per heavy atom. The zero-order chi connectivity index (χ0) is 15.9. The highest BCUT2D eigenvalue weighted by Crippen LogP contribution is 2.28. The quantitative estimate of drug-likeness (QED) is 0.806. The molecule has 0 aliphatic rings. The number of nitrogens with zero attached hydrogens (tertiary/aromatic N) is 3. The summed E-state index contributed by atoms with van der Waals surface area (Å²) in [5.74, 6) is 1.49. The molecule has 0 bridgehead atoms. The van der Waals surface area contributed by atoms with Crippen LogP contribution < -0.4 is 15.2 Å². The smallest absolute Gasteiger partial charge is 0.160 e. The molecule has 2 aromatic rings. The van der Waals surface area contributed by atoms with E-state index in [1.807, 2.05) is 16.8 Å². The monoisotopic (exact) mass is 304 g/mol. The van der Waals surface area contributed by atoms with Gasteiger partial charge in [-0.2, -0.15) is 0 Å². The Labute approximate surface area is 131 Å². The first kappa shape index (κ1) is 16.3. The summed E-state index contributed by atoms with van der Waals surface area (Å²) >= 11 is 0. The van der Waals surface area contributed by atoms with E-state index in [4.69, 9.17) is 15.2 Å². The van der Waals surface area contributed by atoms with Crippen LogP contribution in [0.2, 0.25) is 0 Å². The highest BCUT2D eigenvalue weighted by Gasteiger charge is 2.12. The Kier molecular flexibility index (Phi) is 5.77. The van der Waals surface area contributed by atoms with Crippen LogP contribution in [-0.4, -0.2) is 29.2 Å². The highest BCUT2D eigenvalue weighted by molar-refractivity contribution is 5.43. The van der Waals surface area contributed by atoms with Crippen molar-refractivity contribution < 1.29 is 9.47 Å². The number of aryl methyl sites for hydroxylation is 2. The average molecular weight is 304 g/mol. The third-order valence-corrected chi connectivity index (χ3v) is 3.65. The first-order valence-corrected chi connectivity index (χ1v) is 7.55. The number of methoxy groups -OCH3 is 2. The van der Waals surface area contributed by atoms with Crippen LogP contribution in [0.1, 0.15) is 30.3 Å². The molecule has 22 heavy (non-hydrogen) atoms. The summed E-state index contributed by atoms with van der Waals surface area (Å²) in [4.78, 5) is 0. The summed E-state index contributed by atoms with van der Waals surface area (Å²) in [6.07, 6.45) is 2.76. The van der Waals surface area contributed by atoms with Gasteiger partial charge in [0.2, 0.25) is 0 Å². The van der Waals surface area contributed by atoms with E-state index in [0.29, 0.717) is 6.54 Å². The molecule has 1 heterocycles. The largest absolute Gasteiger partial charge is 0.493 e. The summed E-state index contributed by atoms with van der Waals surface area (Å²) in [5.41, 5.74) is 8.95. The van der Waals surface area contributed by atoms with Gasteiger partial charge in [0.25, 0.3) is 0 Å². The number of ether oxygens (including phenoxy) is 2. The van der Waals surface area contributed by atoms with Gasteiger partial charge in [-0.1, -0.05) is 18.2 Å². The van der Waals surface area contributed by atoms with Crippen LogP contribution in [0.3, 0.4) is 0 Å². The van der Waals surface area contributed by atoms with Crippen LogP contribution in [-0.2, 0) is 25.9 Å². The minimum atomic E-state index is 0.422. The normalized spacial score (nSPS) is 10.7. The van der Waals surface area contributed by atoms with Crippen molar-refractivity contribution in [2.75, 3.05) is 14.2 Å². The van der Waals surface area contributed by atoms with E-state index in [1.54, 1.807) is 14.2 Å². The van der Waals surface area contributed by atoms with Crippen LogP contribution in [0.15, 0.2) is 18.2 Å². The molecule has 0 radical (unpaired) electrons. The maximum atomic E-state index is 5.76. The molecule has 1 aromatic heterocycles. The van der Waals surface area contributed by atoms with E-state index in [2.05, 4.69) is 23.3 Å². The number of nitrogens with two attached hydrogens (primary N) is 1. The molecule has 2 N–H and O–H groups in total. The fraction of sp³-hybridized carbons (Fsp3) is 0.500. The lowest BCUT2D eigenvalue weighted by molar-refractivity contribution is 0.354. The molecule has 0 spiro atoms. The van der Waals surface area contributed by atoms with Crippen molar-refractivity contribution in [3.63, 3.8) is 0 Å². The maximum Gasteiger partial charge on any atom is 0.160 e. The summed E-state index contributed by atoms with van der Waals surface area (Å²) in [6, 6.07) is 5.99. The van der Waals surface area contributed by atoms with E-state index < -0.39 is 0 Å². The Hall–Kier alpha value is -2.08. The molecule has 0 aliphatic carbocycles. The molecule has 0 aliphatic heterocycles. The standard InChI is InChI=1S/C16H24N4O2/c1-4-9-20-14(13(11-17)18-19-20)7-5-12-6-8-15(21-2)16(10-12)22-3/h6,8,10H,4-5,7,9,11,17H2,1-3H3. The Balaban J connectivity index is 2.14. The minimum Gasteiger partial charge on any atom is -0.493 e. The van der Waals surface area contributed by atoms with E-state index in [1.165, 1.54) is 5.56 Å². The van der Waals surface area contributed by atoms with Gasteiger partial charge in [-0.05, 0) is 37.0 Å². The number of hydrogen-bond acceptors (Lipinski definition) is 5. The number of hydrogen-bond donors (Lipinski definition) is 1. The Bertz CT molecular complexity index is 610. The highest BCUT2D eigenvalue weighted by atomic mass is 16.5. The topological polar surface area (TPSA) is 75.2 Å². The summed E-state index contributed by atoms with van der Waals surface area (Å²) in [5, 5.41) is 8.36. The molecule has 120 valence electrons. The second-order valence-electron chi connectivity index (χ2n) is 5.10. The Morgan fingerprint density at radius 1 is 1.14 bits per heavy atom. The summed E-state index contributed by atoms with van der Waals surface area (Å²) < 4.78 is 12.6. The van der Waals surface area contributed by atoms with Crippen molar-refractivity contribution in [2.24, 2.45) is 5.73 Å². The molecule has 6 nitrogen and oxygen atoms in total. The third-order valence-electron chi connectivity index (χ3n) is 3.65. The van der Waals surface area contributed by atoms with Crippen molar-refractivity contribution in [3.8, 4) is 11.5 Å². The molecule has 0 atom stereocenters. The van der Waals surface area contributed by atoms with Crippen LogP contribution in [0.25, 0.3) is 0 Å². The van der Waals surface area contributed by atoms with Crippen LogP contribution in [0.5, 0.6) is 11.5 Å². The van der Waals surface area contributed by atoms with Crippen molar-refractivity contribution in [1.29, 1.82) is 0 Å². The Morgan fingerprint density at radius 2 is 1.91 bits per heavy atom. The van der Waals surface area contributed by atoms with Gasteiger partial charge < -0.3 is 15.2 Å². The zero-order valence-electron chi connectivity index (χ0n) is 13.5. The van der Waals surface area contributed by atoms with Crippen LogP contribution >= 0.6 is 0 Å². The van der Waals surface area contributed by atoms with E-state index >= 15 is 0 Å². The molecule has 0 unspecified atom stereocenters. The summed E-state index contributed by atoms with van der Waals surface area (Å²) in [6.45, 7) is 3.42. The molecule has 0 saturated carbocycles. The van der Waals surface area contributed by atoms with Crippen molar-refractivity contribution in [1.82, 2.24) is 15.0 Å². The first-order chi connectivity index (χ1) is 10.7. The van der Waals surface area contributed by atoms with Gasteiger partial charge in [0.1, 0.15) is 0 Å². The molecule has 6 heteroatoms. The van der Waals surface area contributed by atoms with Gasteiger partial charge in [-0.3, -0.25) is 0 Å². The molecule has 0 fully saturated rings. The number of rotatable bonds is 8. The second kappa shape index (κ2) is 7.79. The lowest BCUT2D eigenvalue weighted by Crippen LogP contribution is -2.09. The molecule has 0 amide bonds. The molecular weight excluding hydrogens is 280 g/mol. The predicted molar refractivity (Wildman–Crippen MR) is 85.2 cm³/mol. The van der Waals surface area contributed by atoms with Gasteiger partial charge in [0.05, 0.1) is 25.6 Å². The van der Waals surface area contributed by atoms with Crippen molar-refractivity contribution in [3.05, 3.63) is 35.2 Å². The molecule has 1 aromatic carbocycles. The van der Waals surface area contributed by atoms with Gasteiger partial charge >= 0.3 is 0 Å². The molecule has 0 saturated heterocycles. The SMILES string of the molecule is CCCn1nnc(CN)c1CCc1ccc(OC)c(OC)c1. The number of benzene rings is 1. The molecular formula is C16H24N4O2. The van der Waals surface area contributed by atoms with E-state index in [0.717, 1.165) is 48.7 Å².